The van der Waals surface area contributed by atoms with E-state index < -0.39 is 0 Å². The molecule has 110 valence electrons. The molecule has 3 rings (SSSR count). The molecule has 0 atom stereocenters. The summed E-state index contributed by atoms with van der Waals surface area (Å²) in [5, 5.41) is 7.71. The molecule has 4 heteroatoms. The fraction of sp³-hybridized carbons (Fsp3) is 0.412. The summed E-state index contributed by atoms with van der Waals surface area (Å²) >= 11 is 0. The smallest absolute Gasteiger partial charge is 0.123 e. The van der Waals surface area contributed by atoms with Crippen LogP contribution in [0.2, 0.25) is 0 Å². The summed E-state index contributed by atoms with van der Waals surface area (Å²) in [5.41, 5.74) is 7.59. The van der Waals surface area contributed by atoms with Crippen molar-refractivity contribution in [2.75, 3.05) is 0 Å². The number of hydrogen-bond acceptors (Lipinski definition) is 2. The van der Waals surface area contributed by atoms with Crippen molar-refractivity contribution in [1.29, 1.82) is 5.41 Å². The fourth-order valence-electron chi connectivity index (χ4n) is 3.28. The number of nitrogens with one attached hydrogen (secondary N) is 1. The van der Waals surface area contributed by atoms with Crippen LogP contribution >= 0.6 is 0 Å². The molecule has 4 nitrogen and oxygen atoms in total. The van der Waals surface area contributed by atoms with Gasteiger partial charge in [-0.25, -0.2) is 4.98 Å². The predicted octanol–water partition coefficient (Wildman–Crippen LogP) is 3.26. The molecule has 1 fully saturated rings. The lowest BCUT2D eigenvalue weighted by atomic mass is 9.88. The minimum absolute atomic E-state index is 0.130. The molecule has 1 saturated carbocycles. The highest BCUT2D eigenvalue weighted by molar-refractivity contribution is 5.96. The zero-order chi connectivity index (χ0) is 14.7. The molecule has 0 saturated heterocycles. The molecule has 0 spiro atoms. The minimum atomic E-state index is 0.130. The molecule has 1 aromatic carbocycles. The van der Waals surface area contributed by atoms with Crippen molar-refractivity contribution < 1.29 is 0 Å². The molecule has 1 aliphatic rings. The number of rotatable bonds is 4. The second kappa shape index (κ2) is 6.12. The van der Waals surface area contributed by atoms with Crippen LogP contribution in [0.15, 0.2) is 36.7 Å². The van der Waals surface area contributed by atoms with Crippen molar-refractivity contribution in [1.82, 2.24) is 9.55 Å². The van der Waals surface area contributed by atoms with Gasteiger partial charge in [-0.15, -0.1) is 0 Å². The Morgan fingerprint density at radius 2 is 2.00 bits per heavy atom. The van der Waals surface area contributed by atoms with Gasteiger partial charge in [0.2, 0.25) is 0 Å². The van der Waals surface area contributed by atoms with E-state index in [0.29, 0.717) is 5.92 Å². The first-order valence-corrected chi connectivity index (χ1v) is 7.69. The molecule has 1 heterocycles. The largest absolute Gasteiger partial charge is 0.384 e. The Bertz CT molecular complexity index is 623. The Morgan fingerprint density at radius 1 is 1.24 bits per heavy atom. The summed E-state index contributed by atoms with van der Waals surface area (Å²) in [5.74, 6) is 1.90. The number of nitrogens with two attached hydrogens (primary N) is 1. The molecular weight excluding hydrogens is 260 g/mol. The number of benzene rings is 1. The van der Waals surface area contributed by atoms with Crippen molar-refractivity contribution in [3.05, 3.63) is 53.6 Å². The van der Waals surface area contributed by atoms with Gasteiger partial charge in [-0.05, 0) is 18.4 Å². The maximum absolute atomic E-state index is 7.71. The van der Waals surface area contributed by atoms with Crippen LogP contribution in [-0.2, 0) is 6.54 Å². The van der Waals surface area contributed by atoms with Gasteiger partial charge in [0.05, 0.1) is 0 Å². The highest BCUT2D eigenvalue weighted by atomic mass is 15.1. The van der Waals surface area contributed by atoms with Crippen molar-refractivity contribution in [3.63, 3.8) is 0 Å². The summed E-state index contributed by atoms with van der Waals surface area (Å²) in [6.45, 7) is 0.738. The lowest BCUT2D eigenvalue weighted by Gasteiger charge is -2.22. The van der Waals surface area contributed by atoms with E-state index >= 15 is 0 Å². The van der Waals surface area contributed by atoms with Crippen LogP contribution < -0.4 is 5.73 Å². The van der Waals surface area contributed by atoms with Gasteiger partial charge in [0.1, 0.15) is 11.7 Å². The van der Waals surface area contributed by atoms with E-state index in [2.05, 4.69) is 9.55 Å². The molecule has 0 amide bonds. The number of imidazole rings is 1. The van der Waals surface area contributed by atoms with Gasteiger partial charge in [-0.1, -0.05) is 43.5 Å². The van der Waals surface area contributed by atoms with Crippen LogP contribution in [-0.4, -0.2) is 15.4 Å². The Labute approximate surface area is 125 Å². The van der Waals surface area contributed by atoms with E-state index in [1.165, 1.54) is 37.9 Å². The zero-order valence-electron chi connectivity index (χ0n) is 12.3. The van der Waals surface area contributed by atoms with Gasteiger partial charge < -0.3 is 10.3 Å². The van der Waals surface area contributed by atoms with Gasteiger partial charge in [-0.3, -0.25) is 5.41 Å². The standard InChI is InChI=1S/C17H22N4/c18-16(19)15-9-5-4-8-14(15)12-21-11-10-20-17(21)13-6-2-1-3-7-13/h4-5,8-11,13H,1-3,6-7,12H2,(H3,18,19). The Hall–Kier alpha value is -2.10. The third-order valence-electron chi connectivity index (χ3n) is 4.37. The summed E-state index contributed by atoms with van der Waals surface area (Å²) in [4.78, 5) is 4.59. The van der Waals surface area contributed by atoms with E-state index in [1.54, 1.807) is 0 Å². The Kier molecular flexibility index (Phi) is 4.04. The van der Waals surface area contributed by atoms with E-state index in [1.807, 2.05) is 36.7 Å². The Morgan fingerprint density at radius 3 is 2.76 bits per heavy atom. The van der Waals surface area contributed by atoms with Gasteiger partial charge >= 0.3 is 0 Å². The van der Waals surface area contributed by atoms with Gasteiger partial charge in [-0.2, -0.15) is 0 Å². The molecule has 2 aromatic rings. The van der Waals surface area contributed by atoms with Gasteiger partial charge in [0.15, 0.2) is 0 Å². The first-order valence-electron chi connectivity index (χ1n) is 7.69. The summed E-state index contributed by atoms with van der Waals surface area (Å²) in [6, 6.07) is 7.88. The van der Waals surface area contributed by atoms with Crippen molar-refractivity contribution in [2.24, 2.45) is 5.73 Å². The number of amidine groups is 1. The summed E-state index contributed by atoms with van der Waals surface area (Å²) in [6.07, 6.45) is 10.4. The Balaban J connectivity index is 1.86. The third kappa shape index (κ3) is 2.99. The van der Waals surface area contributed by atoms with Crippen LogP contribution in [0, 0.1) is 5.41 Å². The molecular formula is C17H22N4. The lowest BCUT2D eigenvalue weighted by molar-refractivity contribution is 0.418. The minimum Gasteiger partial charge on any atom is -0.384 e. The highest BCUT2D eigenvalue weighted by Gasteiger charge is 2.20. The SMILES string of the molecule is N=C(N)c1ccccc1Cn1ccnc1C1CCCCC1. The van der Waals surface area contributed by atoms with Gasteiger partial charge in [0, 0.05) is 30.4 Å². The van der Waals surface area contributed by atoms with Crippen LogP contribution in [0.3, 0.4) is 0 Å². The molecule has 1 aliphatic carbocycles. The van der Waals surface area contributed by atoms with Crippen molar-refractivity contribution in [2.45, 2.75) is 44.6 Å². The third-order valence-corrected chi connectivity index (χ3v) is 4.37. The normalized spacial score (nSPS) is 16.0. The number of hydrogen-bond donors (Lipinski definition) is 2. The van der Waals surface area contributed by atoms with E-state index in [-0.39, 0.29) is 5.84 Å². The van der Waals surface area contributed by atoms with Gasteiger partial charge in [0.25, 0.3) is 0 Å². The first kappa shape index (κ1) is 13.9. The van der Waals surface area contributed by atoms with Crippen LogP contribution in [0.25, 0.3) is 0 Å². The molecule has 1 aromatic heterocycles. The average molecular weight is 282 g/mol. The maximum Gasteiger partial charge on any atom is 0.123 e. The number of nitrogen functional groups attached to an aromatic ring is 1. The number of nitrogens with zero attached hydrogens (tertiary/aromatic N) is 2. The molecule has 0 radical (unpaired) electrons. The molecule has 0 unspecified atom stereocenters. The molecule has 3 N–H and O–H groups in total. The van der Waals surface area contributed by atoms with E-state index in [0.717, 1.165) is 17.7 Å². The van der Waals surface area contributed by atoms with Crippen molar-refractivity contribution in [3.8, 4) is 0 Å². The maximum atomic E-state index is 7.71. The second-order valence-electron chi connectivity index (χ2n) is 5.82. The monoisotopic (exact) mass is 282 g/mol. The van der Waals surface area contributed by atoms with Crippen molar-refractivity contribution >= 4 is 5.84 Å². The molecule has 0 bridgehead atoms. The lowest BCUT2D eigenvalue weighted by Crippen LogP contribution is -2.17. The zero-order valence-corrected chi connectivity index (χ0v) is 12.3. The fourth-order valence-corrected chi connectivity index (χ4v) is 3.28. The quantitative estimate of drug-likeness (QED) is 0.667. The summed E-state index contributed by atoms with van der Waals surface area (Å²) in [7, 11) is 0. The average Bonchev–Trinajstić information content (AvgIpc) is 2.96. The second-order valence-corrected chi connectivity index (χ2v) is 5.82. The van der Waals surface area contributed by atoms with Crippen LogP contribution in [0.4, 0.5) is 0 Å². The summed E-state index contributed by atoms with van der Waals surface area (Å²) < 4.78 is 2.22. The van der Waals surface area contributed by atoms with Crippen LogP contribution in [0.1, 0.15) is 55.0 Å². The molecule has 21 heavy (non-hydrogen) atoms. The van der Waals surface area contributed by atoms with E-state index in [9.17, 15) is 0 Å². The first-order chi connectivity index (χ1) is 10.3. The predicted molar refractivity (Wildman–Crippen MR) is 84.6 cm³/mol. The topological polar surface area (TPSA) is 67.7 Å². The van der Waals surface area contributed by atoms with Crippen LogP contribution in [0.5, 0.6) is 0 Å². The van der Waals surface area contributed by atoms with E-state index in [4.69, 9.17) is 11.1 Å². The molecule has 0 aliphatic heterocycles. The number of aromatic nitrogens is 2. The highest BCUT2D eigenvalue weighted by Crippen LogP contribution is 2.31.